The third-order valence-electron chi connectivity index (χ3n) is 3.58. The van der Waals surface area contributed by atoms with E-state index in [2.05, 4.69) is 10.9 Å². The van der Waals surface area contributed by atoms with Crippen molar-refractivity contribution >= 4 is 29.5 Å². The maximum Gasteiger partial charge on any atom is 0.269 e. The molecule has 0 unspecified atom stereocenters. The molecule has 6 nitrogen and oxygen atoms in total. The van der Waals surface area contributed by atoms with Gasteiger partial charge in [0.1, 0.15) is 0 Å². The average Bonchev–Trinajstić information content (AvgIpc) is 2.66. The first-order valence-corrected chi connectivity index (χ1v) is 8.67. The number of rotatable bonds is 6. The molecule has 0 aromatic heterocycles. The highest BCUT2D eigenvalue weighted by molar-refractivity contribution is 6.32. The molecule has 2 aromatic carbocycles. The molecule has 2 amide bonds. The van der Waals surface area contributed by atoms with Crippen molar-refractivity contribution < 1.29 is 19.1 Å². The first-order chi connectivity index (χ1) is 12.9. The van der Waals surface area contributed by atoms with Gasteiger partial charge in [-0.1, -0.05) is 29.3 Å². The first kappa shape index (κ1) is 20.3. The summed E-state index contributed by atoms with van der Waals surface area (Å²) >= 11 is 6.19. The SMILES string of the molecule is CCOc1c(Cl)cc(/C=C/C(=O)NNC(=O)c2ccc(C)cc2)cc1OC. The number of nitrogens with one attached hydrogen (secondary N) is 2. The summed E-state index contributed by atoms with van der Waals surface area (Å²) in [5, 5.41) is 0.379. The highest BCUT2D eigenvalue weighted by Crippen LogP contribution is 2.36. The lowest BCUT2D eigenvalue weighted by molar-refractivity contribution is -0.117. The van der Waals surface area contributed by atoms with E-state index in [0.29, 0.717) is 34.3 Å². The Balaban J connectivity index is 1.99. The van der Waals surface area contributed by atoms with Gasteiger partial charge < -0.3 is 9.47 Å². The van der Waals surface area contributed by atoms with Crippen molar-refractivity contribution in [3.8, 4) is 11.5 Å². The van der Waals surface area contributed by atoms with Crippen LogP contribution in [0, 0.1) is 6.92 Å². The van der Waals surface area contributed by atoms with E-state index >= 15 is 0 Å². The maximum atomic E-state index is 12.0. The fourth-order valence-electron chi connectivity index (χ4n) is 2.23. The Kier molecular flexibility index (Phi) is 7.25. The number of amides is 2. The molecule has 0 saturated carbocycles. The van der Waals surface area contributed by atoms with Gasteiger partial charge >= 0.3 is 0 Å². The van der Waals surface area contributed by atoms with Crippen molar-refractivity contribution in [1.82, 2.24) is 10.9 Å². The zero-order chi connectivity index (χ0) is 19.8. The molecule has 0 atom stereocenters. The van der Waals surface area contributed by atoms with E-state index < -0.39 is 11.8 Å². The van der Waals surface area contributed by atoms with Gasteiger partial charge in [-0.15, -0.1) is 0 Å². The molecule has 0 saturated heterocycles. The zero-order valence-electron chi connectivity index (χ0n) is 15.3. The molecule has 2 N–H and O–H groups in total. The molecule has 0 fully saturated rings. The van der Waals surface area contributed by atoms with E-state index in [4.69, 9.17) is 21.1 Å². The van der Waals surface area contributed by atoms with E-state index in [9.17, 15) is 9.59 Å². The van der Waals surface area contributed by atoms with Crippen molar-refractivity contribution in [2.24, 2.45) is 0 Å². The number of hydrogen-bond acceptors (Lipinski definition) is 4. The van der Waals surface area contributed by atoms with Crippen LogP contribution in [0.2, 0.25) is 5.02 Å². The molecule has 2 aromatic rings. The molecule has 0 spiro atoms. The van der Waals surface area contributed by atoms with Crippen LogP contribution in [0.1, 0.15) is 28.4 Å². The number of benzene rings is 2. The Morgan fingerprint density at radius 1 is 1.15 bits per heavy atom. The smallest absolute Gasteiger partial charge is 0.269 e. The highest BCUT2D eigenvalue weighted by Gasteiger charge is 2.11. The van der Waals surface area contributed by atoms with Crippen molar-refractivity contribution in [1.29, 1.82) is 0 Å². The highest BCUT2D eigenvalue weighted by atomic mass is 35.5. The van der Waals surface area contributed by atoms with Crippen molar-refractivity contribution in [2.75, 3.05) is 13.7 Å². The third kappa shape index (κ3) is 5.76. The predicted molar refractivity (Wildman–Crippen MR) is 105 cm³/mol. The molecule has 0 aliphatic carbocycles. The Hall–Kier alpha value is -2.99. The van der Waals surface area contributed by atoms with Crippen LogP contribution in [0.3, 0.4) is 0 Å². The van der Waals surface area contributed by atoms with Gasteiger partial charge in [-0.05, 0) is 49.8 Å². The van der Waals surface area contributed by atoms with Crippen LogP contribution < -0.4 is 20.3 Å². The Bertz CT molecular complexity index is 848. The van der Waals surface area contributed by atoms with Crippen molar-refractivity contribution in [3.05, 3.63) is 64.2 Å². The predicted octanol–water partition coefficient (Wildman–Crippen LogP) is 3.53. The van der Waals surface area contributed by atoms with Crippen LogP contribution in [0.25, 0.3) is 6.08 Å². The number of ether oxygens (including phenoxy) is 2. The Labute approximate surface area is 163 Å². The second kappa shape index (κ2) is 9.64. The minimum atomic E-state index is -0.487. The summed E-state index contributed by atoms with van der Waals surface area (Å²) in [6, 6.07) is 10.4. The monoisotopic (exact) mass is 388 g/mol. The fraction of sp³-hybridized carbons (Fsp3) is 0.200. The van der Waals surface area contributed by atoms with E-state index in [1.54, 1.807) is 30.3 Å². The van der Waals surface area contributed by atoms with Crippen molar-refractivity contribution in [2.45, 2.75) is 13.8 Å². The second-order valence-corrected chi connectivity index (χ2v) is 6.02. The summed E-state index contributed by atoms with van der Waals surface area (Å²) in [7, 11) is 1.51. The maximum absolute atomic E-state index is 12.0. The summed E-state index contributed by atoms with van der Waals surface area (Å²) in [5.74, 6) is 0.0349. The Morgan fingerprint density at radius 3 is 2.48 bits per heavy atom. The second-order valence-electron chi connectivity index (χ2n) is 5.61. The normalized spacial score (nSPS) is 10.5. The molecule has 0 aliphatic rings. The van der Waals surface area contributed by atoms with Crippen LogP contribution in [-0.2, 0) is 4.79 Å². The lowest BCUT2D eigenvalue weighted by Gasteiger charge is -2.11. The van der Waals surface area contributed by atoms with Crippen LogP contribution in [0.4, 0.5) is 0 Å². The van der Waals surface area contributed by atoms with Gasteiger partial charge in [-0.25, -0.2) is 0 Å². The molecule has 7 heteroatoms. The van der Waals surface area contributed by atoms with Gasteiger partial charge in [0.25, 0.3) is 11.8 Å². The van der Waals surface area contributed by atoms with Crippen LogP contribution >= 0.6 is 11.6 Å². The fourth-order valence-corrected chi connectivity index (χ4v) is 2.50. The van der Waals surface area contributed by atoms with Crippen molar-refractivity contribution in [3.63, 3.8) is 0 Å². The number of carbonyl (C=O) groups is 2. The minimum absolute atomic E-state index is 0.379. The third-order valence-corrected chi connectivity index (χ3v) is 3.86. The number of halogens is 1. The van der Waals surface area contributed by atoms with Crippen LogP contribution in [-0.4, -0.2) is 25.5 Å². The van der Waals surface area contributed by atoms with Gasteiger partial charge in [-0.3, -0.25) is 20.4 Å². The molecule has 0 aliphatic heterocycles. The number of hydrazine groups is 1. The minimum Gasteiger partial charge on any atom is -0.493 e. The van der Waals surface area contributed by atoms with Gasteiger partial charge in [-0.2, -0.15) is 0 Å². The summed E-state index contributed by atoms with van der Waals surface area (Å²) in [6.45, 7) is 4.23. The number of carbonyl (C=O) groups excluding carboxylic acids is 2. The molecule has 0 radical (unpaired) electrons. The molecule has 27 heavy (non-hydrogen) atoms. The van der Waals surface area contributed by atoms with Gasteiger partial charge in [0.15, 0.2) is 11.5 Å². The number of aryl methyl sites for hydroxylation is 1. The Morgan fingerprint density at radius 2 is 1.85 bits per heavy atom. The molecular formula is C20H21ClN2O4. The summed E-state index contributed by atoms with van der Waals surface area (Å²) in [4.78, 5) is 23.9. The summed E-state index contributed by atoms with van der Waals surface area (Å²) in [5.41, 5.74) is 6.83. The van der Waals surface area contributed by atoms with E-state index in [1.165, 1.54) is 13.2 Å². The largest absolute Gasteiger partial charge is 0.493 e. The molecule has 0 heterocycles. The van der Waals surface area contributed by atoms with E-state index in [-0.39, 0.29) is 0 Å². The van der Waals surface area contributed by atoms with E-state index in [0.717, 1.165) is 5.56 Å². The number of methoxy groups -OCH3 is 1. The zero-order valence-corrected chi connectivity index (χ0v) is 16.1. The standard InChI is InChI=1S/C20H21ClN2O4/c1-4-27-19-16(21)11-14(12-17(19)26-3)7-10-18(24)22-23-20(25)15-8-5-13(2)6-9-15/h5-12H,4H2,1-3H3,(H,22,24)(H,23,25)/b10-7+. The lowest BCUT2D eigenvalue weighted by Crippen LogP contribution is -2.40. The molecule has 2 rings (SSSR count). The molecule has 0 bridgehead atoms. The lowest BCUT2D eigenvalue weighted by atomic mass is 10.1. The van der Waals surface area contributed by atoms with E-state index in [1.807, 2.05) is 26.0 Å². The summed E-state index contributed by atoms with van der Waals surface area (Å²) < 4.78 is 10.7. The van der Waals surface area contributed by atoms with Crippen LogP contribution in [0.15, 0.2) is 42.5 Å². The average molecular weight is 389 g/mol. The van der Waals surface area contributed by atoms with Gasteiger partial charge in [0, 0.05) is 11.6 Å². The van der Waals surface area contributed by atoms with Crippen LogP contribution in [0.5, 0.6) is 11.5 Å². The first-order valence-electron chi connectivity index (χ1n) is 8.30. The summed E-state index contributed by atoms with van der Waals surface area (Å²) in [6.07, 6.45) is 2.83. The topological polar surface area (TPSA) is 76.7 Å². The van der Waals surface area contributed by atoms with Gasteiger partial charge in [0.05, 0.1) is 18.7 Å². The quantitative estimate of drug-likeness (QED) is 0.586. The molecular weight excluding hydrogens is 368 g/mol. The number of hydrogen-bond donors (Lipinski definition) is 2. The van der Waals surface area contributed by atoms with Gasteiger partial charge in [0.2, 0.25) is 0 Å². The molecule has 142 valence electrons.